The summed E-state index contributed by atoms with van der Waals surface area (Å²) >= 11 is 0. The van der Waals surface area contributed by atoms with Gasteiger partial charge in [0.05, 0.1) is 26.2 Å². The minimum absolute atomic E-state index is 0.137. The van der Waals surface area contributed by atoms with E-state index < -0.39 is 0 Å². The van der Waals surface area contributed by atoms with Gasteiger partial charge in [-0.3, -0.25) is 4.79 Å². The molecule has 0 aromatic carbocycles. The Morgan fingerprint density at radius 3 is 3.17 bits per heavy atom. The van der Waals surface area contributed by atoms with Gasteiger partial charge in [-0.2, -0.15) is 0 Å². The van der Waals surface area contributed by atoms with Crippen LogP contribution >= 0.6 is 0 Å². The van der Waals surface area contributed by atoms with Crippen LogP contribution in [-0.2, 0) is 14.3 Å². The summed E-state index contributed by atoms with van der Waals surface area (Å²) < 4.78 is 10.0. The molecule has 1 aliphatic rings. The van der Waals surface area contributed by atoms with E-state index in [-0.39, 0.29) is 12.0 Å². The van der Waals surface area contributed by atoms with Crippen molar-refractivity contribution in [3.8, 4) is 0 Å². The summed E-state index contributed by atoms with van der Waals surface area (Å²) in [6.07, 6.45) is 0.411. The van der Waals surface area contributed by atoms with Gasteiger partial charge in [0.25, 0.3) is 0 Å². The molecule has 0 saturated carbocycles. The Morgan fingerprint density at radius 1 is 1.75 bits per heavy atom. The van der Waals surface area contributed by atoms with E-state index in [4.69, 9.17) is 9.47 Å². The Kier molecular flexibility index (Phi) is 4.04. The first-order chi connectivity index (χ1) is 5.83. The molecule has 1 atom stereocenters. The molecule has 0 unspecified atom stereocenters. The maximum atomic E-state index is 11.0. The molecule has 0 aromatic rings. The summed E-state index contributed by atoms with van der Waals surface area (Å²) in [4.78, 5) is 11.0. The van der Waals surface area contributed by atoms with Crippen LogP contribution in [0.1, 0.15) is 13.3 Å². The quantitative estimate of drug-likeness (QED) is 0.607. The smallest absolute Gasteiger partial charge is 0.307 e. The fraction of sp³-hybridized carbons (Fsp3) is 0.875. The van der Waals surface area contributed by atoms with Gasteiger partial charge in [-0.15, -0.1) is 0 Å². The first-order valence-corrected chi connectivity index (χ1v) is 4.29. The summed E-state index contributed by atoms with van der Waals surface area (Å²) in [6.45, 7) is 4.43. The maximum Gasteiger partial charge on any atom is 0.307 e. The van der Waals surface area contributed by atoms with Crippen molar-refractivity contribution >= 4 is 5.97 Å². The number of nitrogens with one attached hydrogen (secondary N) is 1. The van der Waals surface area contributed by atoms with Gasteiger partial charge in [0, 0.05) is 12.6 Å². The van der Waals surface area contributed by atoms with Crippen molar-refractivity contribution in [3.05, 3.63) is 0 Å². The summed E-state index contributed by atoms with van der Waals surface area (Å²) in [5.74, 6) is -0.152. The molecule has 1 fully saturated rings. The van der Waals surface area contributed by atoms with Crippen LogP contribution in [-0.4, -0.2) is 38.4 Å². The predicted molar refractivity (Wildman–Crippen MR) is 43.9 cm³/mol. The Labute approximate surface area is 72.2 Å². The third kappa shape index (κ3) is 3.19. The monoisotopic (exact) mass is 173 g/mol. The van der Waals surface area contributed by atoms with E-state index in [1.165, 1.54) is 0 Å². The lowest BCUT2D eigenvalue weighted by molar-refractivity contribution is -0.144. The highest BCUT2D eigenvalue weighted by atomic mass is 16.5. The van der Waals surface area contributed by atoms with Gasteiger partial charge in [-0.1, -0.05) is 0 Å². The zero-order valence-corrected chi connectivity index (χ0v) is 7.34. The Balaban J connectivity index is 2.15. The molecule has 4 heteroatoms. The first-order valence-electron chi connectivity index (χ1n) is 4.29. The van der Waals surface area contributed by atoms with Crippen LogP contribution in [0.5, 0.6) is 0 Å². The van der Waals surface area contributed by atoms with Gasteiger partial charge in [0.2, 0.25) is 0 Å². The molecule has 0 spiro atoms. The molecule has 0 amide bonds. The normalized spacial score (nSPS) is 23.6. The van der Waals surface area contributed by atoms with Crippen LogP contribution in [0.4, 0.5) is 0 Å². The minimum atomic E-state index is -0.152. The van der Waals surface area contributed by atoms with Gasteiger partial charge in [-0.25, -0.2) is 0 Å². The summed E-state index contributed by atoms with van der Waals surface area (Å²) in [5.41, 5.74) is 0. The van der Waals surface area contributed by atoms with Crippen LogP contribution in [0.15, 0.2) is 0 Å². The average molecular weight is 173 g/mol. The molecule has 0 radical (unpaired) electrons. The summed E-state index contributed by atoms with van der Waals surface area (Å²) in [6, 6.07) is 0.137. The second kappa shape index (κ2) is 5.11. The van der Waals surface area contributed by atoms with Gasteiger partial charge >= 0.3 is 5.97 Å². The van der Waals surface area contributed by atoms with Crippen LogP contribution in [0, 0.1) is 0 Å². The highest BCUT2D eigenvalue weighted by molar-refractivity contribution is 5.70. The number of carbonyl (C=O) groups is 1. The highest BCUT2D eigenvalue weighted by Crippen LogP contribution is 1.99. The van der Waals surface area contributed by atoms with Crippen LogP contribution in [0.25, 0.3) is 0 Å². The zero-order chi connectivity index (χ0) is 8.81. The third-order valence-corrected chi connectivity index (χ3v) is 1.72. The van der Waals surface area contributed by atoms with Crippen molar-refractivity contribution < 1.29 is 14.3 Å². The van der Waals surface area contributed by atoms with E-state index in [0.717, 1.165) is 13.2 Å². The molecule has 0 aliphatic carbocycles. The van der Waals surface area contributed by atoms with Crippen molar-refractivity contribution in [2.24, 2.45) is 0 Å². The molecule has 12 heavy (non-hydrogen) atoms. The van der Waals surface area contributed by atoms with E-state index in [2.05, 4.69) is 5.32 Å². The van der Waals surface area contributed by atoms with Crippen molar-refractivity contribution in [1.29, 1.82) is 0 Å². The standard InChI is InChI=1S/C8H15NO3/c1-2-12-8(10)5-7-6-11-4-3-9-7/h7,9H,2-6H2,1H3/t7-/m1/s1. The maximum absolute atomic E-state index is 11.0. The summed E-state index contributed by atoms with van der Waals surface area (Å²) in [5, 5.41) is 3.18. The van der Waals surface area contributed by atoms with Crippen LogP contribution < -0.4 is 5.32 Å². The molecule has 0 aromatic heterocycles. The molecule has 4 nitrogen and oxygen atoms in total. The molecular formula is C8H15NO3. The zero-order valence-electron chi connectivity index (χ0n) is 7.34. The lowest BCUT2D eigenvalue weighted by Crippen LogP contribution is -2.42. The van der Waals surface area contributed by atoms with Crippen molar-refractivity contribution in [1.82, 2.24) is 5.32 Å². The summed E-state index contributed by atoms with van der Waals surface area (Å²) in [7, 11) is 0. The van der Waals surface area contributed by atoms with Crippen molar-refractivity contribution in [2.45, 2.75) is 19.4 Å². The van der Waals surface area contributed by atoms with E-state index in [0.29, 0.717) is 19.6 Å². The molecular weight excluding hydrogens is 158 g/mol. The second-order valence-electron chi connectivity index (χ2n) is 2.74. The molecule has 1 saturated heterocycles. The number of esters is 1. The van der Waals surface area contributed by atoms with E-state index >= 15 is 0 Å². The van der Waals surface area contributed by atoms with Crippen LogP contribution in [0.3, 0.4) is 0 Å². The molecule has 0 bridgehead atoms. The van der Waals surface area contributed by atoms with Gasteiger partial charge < -0.3 is 14.8 Å². The fourth-order valence-corrected chi connectivity index (χ4v) is 1.17. The first kappa shape index (κ1) is 9.48. The number of morpholine rings is 1. The van der Waals surface area contributed by atoms with Gasteiger partial charge in [0.1, 0.15) is 0 Å². The Hall–Kier alpha value is -0.610. The minimum Gasteiger partial charge on any atom is -0.466 e. The fourth-order valence-electron chi connectivity index (χ4n) is 1.17. The third-order valence-electron chi connectivity index (χ3n) is 1.72. The lowest BCUT2D eigenvalue weighted by Gasteiger charge is -2.22. The molecule has 1 aliphatic heterocycles. The number of rotatable bonds is 3. The SMILES string of the molecule is CCOC(=O)C[C@@H]1COCCN1. The number of carbonyl (C=O) groups excluding carboxylic acids is 1. The molecule has 1 heterocycles. The Bertz CT molecular complexity index is 143. The lowest BCUT2D eigenvalue weighted by atomic mass is 10.2. The van der Waals surface area contributed by atoms with Crippen molar-refractivity contribution in [3.63, 3.8) is 0 Å². The average Bonchev–Trinajstić information content (AvgIpc) is 2.06. The van der Waals surface area contributed by atoms with E-state index in [9.17, 15) is 4.79 Å². The van der Waals surface area contributed by atoms with Gasteiger partial charge in [-0.05, 0) is 6.92 Å². The molecule has 70 valence electrons. The van der Waals surface area contributed by atoms with Gasteiger partial charge in [0.15, 0.2) is 0 Å². The second-order valence-corrected chi connectivity index (χ2v) is 2.74. The largest absolute Gasteiger partial charge is 0.466 e. The predicted octanol–water partition coefficient (Wildman–Crippen LogP) is -0.0720. The Morgan fingerprint density at radius 2 is 2.58 bits per heavy atom. The van der Waals surface area contributed by atoms with Crippen LogP contribution in [0.2, 0.25) is 0 Å². The highest BCUT2D eigenvalue weighted by Gasteiger charge is 2.16. The molecule has 1 rings (SSSR count). The number of hydrogen-bond donors (Lipinski definition) is 1. The van der Waals surface area contributed by atoms with Crippen molar-refractivity contribution in [2.75, 3.05) is 26.4 Å². The molecule has 1 N–H and O–H groups in total. The van der Waals surface area contributed by atoms with E-state index in [1.807, 2.05) is 6.92 Å². The van der Waals surface area contributed by atoms with E-state index in [1.54, 1.807) is 0 Å². The topological polar surface area (TPSA) is 47.6 Å². The number of hydrogen-bond acceptors (Lipinski definition) is 4. The number of ether oxygens (including phenoxy) is 2.